The molecular formula is C14H17ClN4OS. The summed E-state index contributed by atoms with van der Waals surface area (Å²) in [5.74, 6) is 5.58. The predicted molar refractivity (Wildman–Crippen MR) is 87.6 cm³/mol. The molecule has 0 bridgehead atoms. The molecule has 1 fully saturated rings. The van der Waals surface area contributed by atoms with Gasteiger partial charge in [-0.25, -0.2) is 10.8 Å². The van der Waals surface area contributed by atoms with E-state index >= 15 is 0 Å². The molecule has 1 aliphatic carbocycles. The van der Waals surface area contributed by atoms with Crippen LogP contribution in [0.4, 0.5) is 10.8 Å². The molecule has 2 aromatic rings. The second-order valence-corrected chi connectivity index (χ2v) is 6.73. The predicted octanol–water partition coefficient (Wildman–Crippen LogP) is 3.75. The van der Waals surface area contributed by atoms with Crippen molar-refractivity contribution >= 4 is 49.9 Å². The molecule has 0 atom stereocenters. The van der Waals surface area contributed by atoms with Crippen LogP contribution in [0.25, 0.3) is 10.2 Å². The Morgan fingerprint density at radius 1 is 1.33 bits per heavy atom. The van der Waals surface area contributed by atoms with E-state index in [2.05, 4.69) is 15.7 Å². The average Bonchev–Trinajstić information content (AvgIpc) is 2.92. The van der Waals surface area contributed by atoms with Crippen LogP contribution in [0.15, 0.2) is 12.1 Å². The number of fused-ring (bicyclic) bond motifs is 1. The number of anilines is 2. The Hall–Kier alpha value is -1.37. The number of nitrogens with two attached hydrogens (primary N) is 1. The Morgan fingerprint density at radius 2 is 2.10 bits per heavy atom. The van der Waals surface area contributed by atoms with E-state index in [0.29, 0.717) is 15.7 Å². The number of hydrogen-bond acceptors (Lipinski definition) is 5. The van der Waals surface area contributed by atoms with Gasteiger partial charge in [0.15, 0.2) is 5.13 Å². The first-order valence-corrected chi connectivity index (χ1v) is 8.24. The van der Waals surface area contributed by atoms with E-state index in [1.54, 1.807) is 6.07 Å². The average molecular weight is 325 g/mol. The van der Waals surface area contributed by atoms with Gasteiger partial charge in [-0.3, -0.25) is 10.2 Å². The van der Waals surface area contributed by atoms with Crippen LogP contribution in [0.1, 0.15) is 32.1 Å². The SMILES string of the molecule is NNc1nc2c(Cl)cc(NC(=O)C3CCCCC3)cc2s1. The van der Waals surface area contributed by atoms with Gasteiger partial charge in [-0.2, -0.15) is 0 Å². The molecule has 112 valence electrons. The van der Waals surface area contributed by atoms with Crippen LogP contribution in [-0.2, 0) is 4.79 Å². The third kappa shape index (κ3) is 3.12. The van der Waals surface area contributed by atoms with Crippen LogP contribution in [0.5, 0.6) is 0 Å². The second kappa shape index (κ2) is 6.17. The molecular weight excluding hydrogens is 308 g/mol. The minimum Gasteiger partial charge on any atom is -0.326 e. The number of halogens is 1. The largest absolute Gasteiger partial charge is 0.326 e. The minimum absolute atomic E-state index is 0.0896. The van der Waals surface area contributed by atoms with Crippen LogP contribution in [0.2, 0.25) is 5.02 Å². The van der Waals surface area contributed by atoms with Crippen molar-refractivity contribution in [3.63, 3.8) is 0 Å². The van der Waals surface area contributed by atoms with Gasteiger partial charge in [0.25, 0.3) is 0 Å². The molecule has 3 rings (SSSR count). The fraction of sp³-hybridized carbons (Fsp3) is 0.429. The molecule has 0 unspecified atom stereocenters. The highest BCUT2D eigenvalue weighted by Gasteiger charge is 2.21. The Morgan fingerprint density at radius 3 is 2.81 bits per heavy atom. The fourth-order valence-electron chi connectivity index (χ4n) is 2.73. The fourth-order valence-corrected chi connectivity index (χ4v) is 3.89. The summed E-state index contributed by atoms with van der Waals surface area (Å²) in [7, 11) is 0. The summed E-state index contributed by atoms with van der Waals surface area (Å²) in [5.41, 5.74) is 3.93. The van der Waals surface area contributed by atoms with Gasteiger partial charge in [0.1, 0.15) is 5.52 Å². The second-order valence-electron chi connectivity index (χ2n) is 5.29. The van der Waals surface area contributed by atoms with E-state index in [1.807, 2.05) is 6.07 Å². The standard InChI is InChI=1S/C14H17ClN4OS/c15-10-6-9(7-11-12(10)18-14(19-16)21-11)17-13(20)8-4-2-1-3-5-8/h6-8H,1-5,16H2,(H,17,20)(H,18,19). The highest BCUT2D eigenvalue weighted by Crippen LogP contribution is 2.34. The summed E-state index contributed by atoms with van der Waals surface area (Å²) in [6, 6.07) is 3.63. The molecule has 7 heteroatoms. The van der Waals surface area contributed by atoms with Gasteiger partial charge in [0.05, 0.1) is 9.72 Å². The molecule has 21 heavy (non-hydrogen) atoms. The van der Waals surface area contributed by atoms with Crippen LogP contribution in [-0.4, -0.2) is 10.9 Å². The van der Waals surface area contributed by atoms with Gasteiger partial charge < -0.3 is 5.32 Å². The molecule has 4 N–H and O–H groups in total. The molecule has 1 heterocycles. The van der Waals surface area contributed by atoms with Crippen molar-refractivity contribution in [1.82, 2.24) is 4.98 Å². The highest BCUT2D eigenvalue weighted by atomic mass is 35.5. The van der Waals surface area contributed by atoms with Crippen LogP contribution in [0.3, 0.4) is 0 Å². The summed E-state index contributed by atoms with van der Waals surface area (Å²) in [5, 5.41) is 4.09. The molecule has 1 amide bonds. The number of nitrogen functional groups attached to an aromatic ring is 1. The maximum absolute atomic E-state index is 12.3. The first-order chi connectivity index (χ1) is 10.2. The van der Waals surface area contributed by atoms with Crippen LogP contribution < -0.4 is 16.6 Å². The van der Waals surface area contributed by atoms with E-state index in [4.69, 9.17) is 17.4 Å². The maximum Gasteiger partial charge on any atom is 0.227 e. The highest BCUT2D eigenvalue weighted by molar-refractivity contribution is 7.22. The normalized spacial score (nSPS) is 16.1. The molecule has 1 aliphatic rings. The van der Waals surface area contributed by atoms with Gasteiger partial charge >= 0.3 is 0 Å². The zero-order valence-electron chi connectivity index (χ0n) is 11.5. The van der Waals surface area contributed by atoms with Crippen molar-refractivity contribution < 1.29 is 4.79 Å². The number of rotatable bonds is 3. The molecule has 0 spiro atoms. The van der Waals surface area contributed by atoms with Gasteiger partial charge in [0.2, 0.25) is 5.91 Å². The van der Waals surface area contributed by atoms with E-state index in [0.717, 1.165) is 36.1 Å². The lowest BCUT2D eigenvalue weighted by molar-refractivity contribution is -0.120. The molecule has 1 aromatic heterocycles. The van der Waals surface area contributed by atoms with E-state index in [-0.39, 0.29) is 11.8 Å². The number of carbonyl (C=O) groups excluding carboxylic acids is 1. The summed E-state index contributed by atoms with van der Waals surface area (Å²) in [6.07, 6.45) is 5.46. The van der Waals surface area contributed by atoms with Gasteiger partial charge in [-0.1, -0.05) is 42.2 Å². The number of thiazole rings is 1. The zero-order chi connectivity index (χ0) is 14.8. The van der Waals surface area contributed by atoms with Crippen molar-refractivity contribution in [2.24, 2.45) is 11.8 Å². The monoisotopic (exact) mass is 324 g/mol. The van der Waals surface area contributed by atoms with E-state index in [9.17, 15) is 4.79 Å². The van der Waals surface area contributed by atoms with Crippen LogP contribution >= 0.6 is 22.9 Å². The van der Waals surface area contributed by atoms with Gasteiger partial charge in [0, 0.05) is 11.6 Å². The van der Waals surface area contributed by atoms with Gasteiger partial charge in [-0.05, 0) is 25.0 Å². The number of amides is 1. The number of aromatic nitrogens is 1. The topological polar surface area (TPSA) is 80.0 Å². The van der Waals surface area contributed by atoms with Crippen molar-refractivity contribution in [2.75, 3.05) is 10.7 Å². The summed E-state index contributed by atoms with van der Waals surface area (Å²) in [4.78, 5) is 16.6. The smallest absolute Gasteiger partial charge is 0.227 e. The Labute approximate surface area is 131 Å². The van der Waals surface area contributed by atoms with E-state index in [1.165, 1.54) is 17.8 Å². The number of hydrogen-bond donors (Lipinski definition) is 3. The zero-order valence-corrected chi connectivity index (χ0v) is 13.1. The summed E-state index contributed by atoms with van der Waals surface area (Å²) >= 11 is 7.63. The Bertz CT molecular complexity index is 666. The number of hydrazine groups is 1. The first-order valence-electron chi connectivity index (χ1n) is 7.05. The van der Waals surface area contributed by atoms with E-state index < -0.39 is 0 Å². The number of carbonyl (C=O) groups is 1. The quantitative estimate of drug-likeness (QED) is 0.593. The molecule has 0 radical (unpaired) electrons. The molecule has 0 saturated heterocycles. The lowest BCUT2D eigenvalue weighted by Gasteiger charge is -2.20. The third-order valence-corrected chi connectivity index (χ3v) is 5.04. The summed E-state index contributed by atoms with van der Waals surface area (Å²) in [6.45, 7) is 0. The molecule has 5 nitrogen and oxygen atoms in total. The third-order valence-electron chi connectivity index (χ3n) is 3.82. The molecule has 1 aromatic carbocycles. The maximum atomic E-state index is 12.3. The van der Waals surface area contributed by atoms with Crippen molar-refractivity contribution in [3.8, 4) is 0 Å². The Kier molecular flexibility index (Phi) is 4.28. The molecule has 0 aliphatic heterocycles. The number of nitrogens with zero attached hydrogens (tertiary/aromatic N) is 1. The Balaban J connectivity index is 1.81. The minimum atomic E-state index is 0.0896. The lowest BCUT2D eigenvalue weighted by Crippen LogP contribution is -2.24. The van der Waals surface area contributed by atoms with Crippen LogP contribution in [0, 0.1) is 5.92 Å². The number of nitrogens with one attached hydrogen (secondary N) is 2. The first kappa shape index (κ1) is 14.6. The lowest BCUT2D eigenvalue weighted by atomic mass is 9.88. The van der Waals surface area contributed by atoms with Crippen molar-refractivity contribution in [3.05, 3.63) is 17.2 Å². The van der Waals surface area contributed by atoms with Crippen molar-refractivity contribution in [1.29, 1.82) is 0 Å². The van der Waals surface area contributed by atoms with Gasteiger partial charge in [-0.15, -0.1) is 0 Å². The number of benzene rings is 1. The van der Waals surface area contributed by atoms with Crippen molar-refractivity contribution in [2.45, 2.75) is 32.1 Å². The molecule has 1 saturated carbocycles. The summed E-state index contributed by atoms with van der Waals surface area (Å²) < 4.78 is 0.898.